The lowest BCUT2D eigenvalue weighted by molar-refractivity contribution is -0.121. The molecule has 34 heavy (non-hydrogen) atoms. The summed E-state index contributed by atoms with van der Waals surface area (Å²) in [5.41, 5.74) is 3.10. The molecular formula is C27H24F2N2O3. The minimum Gasteiger partial charge on any atom is -0.486 e. The van der Waals surface area contributed by atoms with Crippen LogP contribution in [-0.4, -0.2) is 54.3 Å². The van der Waals surface area contributed by atoms with E-state index in [1.54, 1.807) is 47.4 Å². The highest BCUT2D eigenvalue weighted by molar-refractivity contribution is 5.95. The van der Waals surface area contributed by atoms with Crippen LogP contribution in [0.5, 0.6) is 5.75 Å². The van der Waals surface area contributed by atoms with Crippen molar-refractivity contribution < 1.29 is 23.1 Å². The molecule has 2 heterocycles. The Labute approximate surface area is 196 Å². The highest BCUT2D eigenvalue weighted by Crippen LogP contribution is 2.31. The van der Waals surface area contributed by atoms with Gasteiger partial charge < -0.3 is 9.64 Å². The Morgan fingerprint density at radius 2 is 1.41 bits per heavy atom. The molecular weight excluding hydrogens is 438 g/mol. The summed E-state index contributed by atoms with van der Waals surface area (Å²) >= 11 is 0. The van der Waals surface area contributed by atoms with E-state index < -0.39 is 0 Å². The van der Waals surface area contributed by atoms with Crippen molar-refractivity contribution in [3.05, 3.63) is 101 Å². The highest BCUT2D eigenvalue weighted by Gasteiger charge is 2.29. The van der Waals surface area contributed by atoms with Crippen LogP contribution < -0.4 is 4.74 Å². The summed E-state index contributed by atoms with van der Waals surface area (Å²) in [5, 5.41) is 0. The molecule has 1 amide bonds. The maximum Gasteiger partial charge on any atom is 0.253 e. The summed E-state index contributed by atoms with van der Waals surface area (Å²) in [6, 6.07) is 17.8. The lowest BCUT2D eigenvalue weighted by Gasteiger charge is -2.40. The molecule has 5 rings (SSSR count). The number of hydrogen-bond acceptors (Lipinski definition) is 4. The second-order valence-electron chi connectivity index (χ2n) is 8.66. The lowest BCUT2D eigenvalue weighted by Crippen LogP contribution is -2.49. The van der Waals surface area contributed by atoms with Gasteiger partial charge in [-0.3, -0.25) is 14.5 Å². The number of hydrogen-bond donors (Lipinski definition) is 0. The SMILES string of the molecule is O=C1COc2ccc(C(=O)N3CCN(C(c4ccc(F)cc4)c4ccc(F)cc4)CC3)cc2C1. The summed E-state index contributed by atoms with van der Waals surface area (Å²) < 4.78 is 32.5. The third-order valence-electron chi connectivity index (χ3n) is 6.42. The first-order valence-electron chi connectivity index (χ1n) is 11.3. The second kappa shape index (κ2) is 9.35. The number of fused-ring (bicyclic) bond motifs is 1. The number of Topliss-reactive ketones (excluding diaryl/α,β-unsaturated/α-hetero) is 1. The van der Waals surface area contributed by atoms with E-state index in [0.717, 1.165) is 16.7 Å². The zero-order valence-corrected chi connectivity index (χ0v) is 18.5. The average Bonchev–Trinajstić information content (AvgIpc) is 2.86. The molecule has 3 aromatic rings. The number of ether oxygens (including phenoxy) is 1. The second-order valence-corrected chi connectivity index (χ2v) is 8.66. The van der Waals surface area contributed by atoms with Crippen LogP contribution in [0.2, 0.25) is 0 Å². The maximum atomic E-state index is 13.5. The topological polar surface area (TPSA) is 49.9 Å². The first-order valence-corrected chi connectivity index (χ1v) is 11.3. The number of nitrogens with zero attached hydrogens (tertiary/aromatic N) is 2. The molecule has 2 aliphatic heterocycles. The largest absolute Gasteiger partial charge is 0.486 e. The predicted molar refractivity (Wildman–Crippen MR) is 123 cm³/mol. The van der Waals surface area contributed by atoms with Crippen LogP contribution in [0, 0.1) is 11.6 Å². The zero-order chi connectivity index (χ0) is 23.7. The third kappa shape index (κ3) is 4.56. The van der Waals surface area contributed by atoms with E-state index in [2.05, 4.69) is 4.90 Å². The summed E-state index contributed by atoms with van der Waals surface area (Å²) in [7, 11) is 0. The monoisotopic (exact) mass is 462 g/mol. The van der Waals surface area contributed by atoms with Gasteiger partial charge in [-0.25, -0.2) is 8.78 Å². The molecule has 0 atom stereocenters. The van der Waals surface area contributed by atoms with Crippen LogP contribution >= 0.6 is 0 Å². The fraction of sp³-hybridized carbons (Fsp3) is 0.259. The molecule has 2 aliphatic rings. The van der Waals surface area contributed by atoms with Gasteiger partial charge in [0.1, 0.15) is 24.0 Å². The van der Waals surface area contributed by atoms with Gasteiger partial charge in [0.15, 0.2) is 5.78 Å². The van der Waals surface area contributed by atoms with Crippen LogP contribution in [0.3, 0.4) is 0 Å². The maximum absolute atomic E-state index is 13.5. The van der Waals surface area contributed by atoms with E-state index in [1.807, 2.05) is 0 Å². The number of rotatable bonds is 4. The van der Waals surface area contributed by atoms with Gasteiger partial charge in [0.25, 0.3) is 5.91 Å². The Hall–Kier alpha value is -3.58. The minimum atomic E-state index is -0.311. The van der Waals surface area contributed by atoms with E-state index in [0.29, 0.717) is 37.5 Å². The van der Waals surface area contributed by atoms with Gasteiger partial charge in [-0.1, -0.05) is 24.3 Å². The molecule has 1 saturated heterocycles. The fourth-order valence-corrected chi connectivity index (χ4v) is 4.68. The molecule has 0 radical (unpaired) electrons. The minimum absolute atomic E-state index is 0.00154. The molecule has 0 aromatic heterocycles. The highest BCUT2D eigenvalue weighted by atomic mass is 19.1. The van der Waals surface area contributed by atoms with Crippen molar-refractivity contribution in [3.63, 3.8) is 0 Å². The van der Waals surface area contributed by atoms with Crippen LogP contribution in [0.25, 0.3) is 0 Å². The number of benzene rings is 3. The van der Waals surface area contributed by atoms with Crippen molar-refractivity contribution in [3.8, 4) is 5.75 Å². The van der Waals surface area contributed by atoms with E-state index >= 15 is 0 Å². The molecule has 7 heteroatoms. The molecule has 3 aromatic carbocycles. The summed E-state index contributed by atoms with van der Waals surface area (Å²) in [4.78, 5) is 28.9. The standard InChI is InChI=1S/C27H24F2N2O3/c28-22-6-1-18(2-7-22)26(19-3-8-23(29)9-4-19)30-11-13-31(14-12-30)27(33)20-5-10-25-21(15-20)16-24(32)17-34-25/h1-10,15,26H,11-14,16-17H2. The molecule has 0 spiro atoms. The number of halogens is 2. The van der Waals surface area contributed by atoms with Gasteiger partial charge in [-0.05, 0) is 53.6 Å². The molecule has 0 unspecified atom stereocenters. The molecule has 1 fully saturated rings. The predicted octanol–water partition coefficient (Wildman–Crippen LogP) is 4.02. The van der Waals surface area contributed by atoms with Gasteiger partial charge in [-0.2, -0.15) is 0 Å². The van der Waals surface area contributed by atoms with Crippen LogP contribution in [0.1, 0.15) is 33.1 Å². The Kier molecular flexibility index (Phi) is 6.11. The molecule has 0 N–H and O–H groups in total. The normalized spacial score (nSPS) is 16.3. The Bertz CT molecular complexity index is 1160. The van der Waals surface area contributed by atoms with Crippen molar-refractivity contribution in [2.24, 2.45) is 0 Å². The zero-order valence-electron chi connectivity index (χ0n) is 18.5. The molecule has 5 nitrogen and oxygen atoms in total. The molecule has 0 aliphatic carbocycles. The van der Waals surface area contributed by atoms with Crippen LogP contribution in [0.15, 0.2) is 66.7 Å². The molecule has 0 saturated carbocycles. The van der Waals surface area contributed by atoms with Gasteiger partial charge in [0.05, 0.1) is 6.04 Å². The van der Waals surface area contributed by atoms with Crippen LogP contribution in [-0.2, 0) is 11.2 Å². The van der Waals surface area contributed by atoms with Crippen molar-refractivity contribution in [2.75, 3.05) is 32.8 Å². The molecule has 174 valence electrons. The van der Waals surface area contributed by atoms with Crippen molar-refractivity contribution >= 4 is 11.7 Å². The van der Waals surface area contributed by atoms with Gasteiger partial charge >= 0.3 is 0 Å². The quantitative estimate of drug-likeness (QED) is 0.588. The first kappa shape index (κ1) is 22.2. The Morgan fingerprint density at radius 3 is 2.00 bits per heavy atom. The smallest absolute Gasteiger partial charge is 0.253 e. The Balaban J connectivity index is 1.33. The number of ketones is 1. The summed E-state index contributed by atoms with van der Waals surface area (Å²) in [6.07, 6.45) is 0.279. The summed E-state index contributed by atoms with van der Waals surface area (Å²) in [6.45, 7) is 2.33. The van der Waals surface area contributed by atoms with Gasteiger partial charge in [0, 0.05) is 43.7 Å². The van der Waals surface area contributed by atoms with E-state index in [1.165, 1.54) is 24.3 Å². The average molecular weight is 462 g/mol. The fourth-order valence-electron chi connectivity index (χ4n) is 4.68. The van der Waals surface area contributed by atoms with Gasteiger partial charge in [0.2, 0.25) is 0 Å². The van der Waals surface area contributed by atoms with E-state index in [4.69, 9.17) is 4.74 Å². The number of carbonyl (C=O) groups is 2. The summed E-state index contributed by atoms with van der Waals surface area (Å²) in [5.74, 6) is -0.0512. The third-order valence-corrected chi connectivity index (χ3v) is 6.42. The van der Waals surface area contributed by atoms with Crippen molar-refractivity contribution in [1.82, 2.24) is 9.80 Å². The number of carbonyl (C=O) groups excluding carboxylic acids is 2. The van der Waals surface area contributed by atoms with E-state index in [-0.39, 0.29) is 42.4 Å². The Morgan fingerprint density at radius 1 is 0.824 bits per heavy atom. The number of amides is 1. The van der Waals surface area contributed by atoms with Crippen molar-refractivity contribution in [1.29, 1.82) is 0 Å². The van der Waals surface area contributed by atoms with Crippen LogP contribution in [0.4, 0.5) is 8.78 Å². The van der Waals surface area contributed by atoms with E-state index in [9.17, 15) is 18.4 Å². The first-order chi connectivity index (χ1) is 16.5. The van der Waals surface area contributed by atoms with Crippen molar-refractivity contribution in [2.45, 2.75) is 12.5 Å². The lowest BCUT2D eigenvalue weighted by atomic mass is 9.96. The van der Waals surface area contributed by atoms with Gasteiger partial charge in [-0.15, -0.1) is 0 Å². The molecule has 0 bridgehead atoms. The number of piperazine rings is 1.